The van der Waals surface area contributed by atoms with E-state index in [1.165, 1.54) is 18.2 Å². The molecule has 14 heteroatoms. The molecule has 0 unspecified atom stereocenters. The van der Waals surface area contributed by atoms with E-state index in [1.807, 2.05) is 20.8 Å². The minimum absolute atomic E-state index is 0.00545. The third kappa shape index (κ3) is 19.2. The van der Waals surface area contributed by atoms with Gasteiger partial charge in [0.2, 0.25) is 0 Å². The van der Waals surface area contributed by atoms with Gasteiger partial charge in [-0.1, -0.05) is 18.2 Å². The van der Waals surface area contributed by atoms with E-state index in [2.05, 4.69) is 5.32 Å². The van der Waals surface area contributed by atoms with E-state index in [-0.39, 0.29) is 43.5 Å². The summed E-state index contributed by atoms with van der Waals surface area (Å²) in [5.74, 6) is -0.922. The number of carbonyl (C=O) groups excluding carboxylic acids is 2. The molecule has 0 aliphatic heterocycles. The van der Waals surface area contributed by atoms with Gasteiger partial charge in [0.15, 0.2) is 0 Å². The van der Waals surface area contributed by atoms with Gasteiger partial charge in [0.25, 0.3) is 0 Å². The number of ether oxygens (including phenoxy) is 8. The van der Waals surface area contributed by atoms with Crippen molar-refractivity contribution in [1.29, 1.82) is 0 Å². The summed E-state index contributed by atoms with van der Waals surface area (Å²) in [4.78, 5) is 24.1. The van der Waals surface area contributed by atoms with Crippen molar-refractivity contribution in [1.82, 2.24) is 0 Å². The van der Waals surface area contributed by atoms with Gasteiger partial charge in [0.05, 0.1) is 103 Å². The first-order valence-electron chi connectivity index (χ1n) is 15.3. The van der Waals surface area contributed by atoms with Crippen LogP contribution in [-0.4, -0.2) is 103 Å². The third-order valence-electron chi connectivity index (χ3n) is 5.81. The number of hydrogen-bond acceptors (Lipinski definition) is 11. The summed E-state index contributed by atoms with van der Waals surface area (Å²) in [5, 5.41) is 2.85. The lowest BCUT2D eigenvalue weighted by atomic mass is 10.1. The minimum Gasteiger partial charge on any atom is -0.460 e. The predicted octanol–water partition coefficient (Wildman–Crippen LogP) is 5.44. The number of halogens is 3. The number of para-hydroxylation sites is 1. The molecule has 0 radical (unpaired) electrons. The quantitative estimate of drug-likeness (QED) is 0.113. The Labute approximate surface area is 273 Å². The summed E-state index contributed by atoms with van der Waals surface area (Å²) in [7, 11) is 0. The molecule has 0 saturated carbocycles. The highest BCUT2D eigenvalue weighted by atomic mass is 19.4. The van der Waals surface area contributed by atoms with Gasteiger partial charge < -0.3 is 43.2 Å². The Morgan fingerprint density at radius 1 is 0.638 bits per heavy atom. The molecule has 0 aliphatic carbocycles. The smallest absolute Gasteiger partial charge is 0.416 e. The number of carbonyl (C=O) groups is 2. The van der Waals surface area contributed by atoms with Crippen molar-refractivity contribution in [3.05, 3.63) is 59.7 Å². The standard InChI is InChI=1S/C33H46F3NO10/c1-32(2,3)47-30(38)11-12-40-13-14-41-15-16-42-17-18-43-19-20-44-21-22-45-23-24-46-31(39)28-9-4-5-10-29(28)37-27-8-6-7-26(25-27)33(34,35)36/h4-10,25,37H,11-24H2,1-3H3. The van der Waals surface area contributed by atoms with E-state index in [1.54, 1.807) is 18.2 Å². The first-order chi connectivity index (χ1) is 22.5. The molecule has 11 nitrogen and oxygen atoms in total. The lowest BCUT2D eigenvalue weighted by Gasteiger charge is -2.19. The van der Waals surface area contributed by atoms with Crippen LogP contribution in [0.4, 0.5) is 24.5 Å². The summed E-state index contributed by atoms with van der Waals surface area (Å²) in [5.41, 5.74) is -0.599. The molecule has 264 valence electrons. The van der Waals surface area contributed by atoms with Crippen LogP contribution in [0.15, 0.2) is 48.5 Å². The Bertz CT molecular complexity index is 1170. The maximum atomic E-state index is 13.0. The second-order valence-corrected chi connectivity index (χ2v) is 10.9. The predicted molar refractivity (Wildman–Crippen MR) is 167 cm³/mol. The molecule has 2 rings (SSSR count). The van der Waals surface area contributed by atoms with Crippen LogP contribution < -0.4 is 5.32 Å². The second-order valence-electron chi connectivity index (χ2n) is 10.9. The van der Waals surface area contributed by atoms with Crippen molar-refractivity contribution < 1.29 is 60.7 Å². The summed E-state index contributed by atoms with van der Waals surface area (Å²) in [6.07, 6.45) is -4.27. The van der Waals surface area contributed by atoms with Crippen molar-refractivity contribution in [3.63, 3.8) is 0 Å². The van der Waals surface area contributed by atoms with Crippen molar-refractivity contribution in [3.8, 4) is 0 Å². The summed E-state index contributed by atoms with van der Waals surface area (Å²) in [6.45, 7) is 9.76. The highest BCUT2D eigenvalue weighted by molar-refractivity contribution is 5.96. The molecule has 0 aliphatic rings. The van der Waals surface area contributed by atoms with Gasteiger partial charge in [0, 0.05) is 5.69 Å². The van der Waals surface area contributed by atoms with E-state index in [0.717, 1.165) is 12.1 Å². The van der Waals surface area contributed by atoms with E-state index in [0.29, 0.717) is 71.8 Å². The molecule has 0 fully saturated rings. The van der Waals surface area contributed by atoms with Crippen LogP contribution in [0.1, 0.15) is 43.1 Å². The summed E-state index contributed by atoms with van der Waals surface area (Å²) >= 11 is 0. The number of alkyl halides is 3. The number of nitrogens with one attached hydrogen (secondary N) is 1. The minimum atomic E-state index is -4.48. The number of anilines is 2. The van der Waals surface area contributed by atoms with Crippen molar-refractivity contribution in [2.75, 3.05) is 91.2 Å². The van der Waals surface area contributed by atoms with Crippen molar-refractivity contribution in [2.24, 2.45) is 0 Å². The van der Waals surface area contributed by atoms with E-state index < -0.39 is 23.3 Å². The fraction of sp³-hybridized carbons (Fsp3) is 0.576. The monoisotopic (exact) mass is 673 g/mol. The zero-order valence-corrected chi connectivity index (χ0v) is 27.2. The van der Waals surface area contributed by atoms with E-state index in [4.69, 9.17) is 37.9 Å². The van der Waals surface area contributed by atoms with Gasteiger partial charge in [-0.2, -0.15) is 13.2 Å². The number of rotatable bonds is 24. The van der Waals surface area contributed by atoms with Gasteiger partial charge in [-0.05, 0) is 51.1 Å². The zero-order chi connectivity index (χ0) is 34.4. The van der Waals surface area contributed by atoms with Gasteiger partial charge in [-0.25, -0.2) is 4.79 Å². The molecule has 2 aromatic carbocycles. The normalized spacial score (nSPS) is 11.8. The van der Waals surface area contributed by atoms with Crippen molar-refractivity contribution in [2.45, 2.75) is 39.0 Å². The lowest BCUT2D eigenvalue weighted by molar-refractivity contribution is -0.156. The second kappa shape index (κ2) is 22.3. The molecule has 0 amide bonds. The third-order valence-corrected chi connectivity index (χ3v) is 5.81. The van der Waals surface area contributed by atoms with E-state index >= 15 is 0 Å². The van der Waals surface area contributed by atoms with Crippen LogP contribution in [0, 0.1) is 0 Å². The Morgan fingerprint density at radius 3 is 1.64 bits per heavy atom. The van der Waals surface area contributed by atoms with Crippen LogP contribution >= 0.6 is 0 Å². The lowest BCUT2D eigenvalue weighted by Crippen LogP contribution is -2.24. The molecule has 0 spiro atoms. The summed E-state index contributed by atoms with van der Waals surface area (Å²) < 4.78 is 82.0. The molecule has 0 saturated heterocycles. The molecular formula is C33H46F3NO10. The molecule has 2 aromatic rings. The Kier molecular flexibility index (Phi) is 19.0. The molecule has 1 N–H and O–H groups in total. The van der Waals surface area contributed by atoms with Gasteiger partial charge in [-0.15, -0.1) is 0 Å². The highest BCUT2D eigenvalue weighted by Crippen LogP contribution is 2.32. The van der Waals surface area contributed by atoms with Gasteiger partial charge in [-0.3, -0.25) is 4.79 Å². The largest absolute Gasteiger partial charge is 0.460 e. The number of hydrogen-bond donors (Lipinski definition) is 1. The fourth-order valence-electron chi connectivity index (χ4n) is 3.72. The average Bonchev–Trinajstić information content (AvgIpc) is 3.01. The molecular weight excluding hydrogens is 627 g/mol. The van der Waals surface area contributed by atoms with Crippen LogP contribution in [0.5, 0.6) is 0 Å². The topological polar surface area (TPSA) is 120 Å². The molecule has 47 heavy (non-hydrogen) atoms. The fourth-order valence-corrected chi connectivity index (χ4v) is 3.72. The first kappa shape index (κ1) is 39.9. The van der Waals surface area contributed by atoms with Crippen LogP contribution in [0.3, 0.4) is 0 Å². The Morgan fingerprint density at radius 2 is 1.13 bits per heavy atom. The number of benzene rings is 2. The maximum absolute atomic E-state index is 13.0. The highest BCUT2D eigenvalue weighted by Gasteiger charge is 2.30. The van der Waals surface area contributed by atoms with Crippen LogP contribution in [-0.2, 0) is 48.9 Å². The Balaban J connectivity index is 1.40. The molecule has 0 heterocycles. The number of esters is 2. The maximum Gasteiger partial charge on any atom is 0.416 e. The van der Waals surface area contributed by atoms with Crippen LogP contribution in [0.2, 0.25) is 0 Å². The molecule has 0 aromatic heterocycles. The first-order valence-corrected chi connectivity index (χ1v) is 15.3. The van der Waals surface area contributed by atoms with Gasteiger partial charge in [0.1, 0.15) is 12.2 Å². The Hall–Kier alpha value is -3.27. The van der Waals surface area contributed by atoms with E-state index in [9.17, 15) is 22.8 Å². The molecule has 0 bridgehead atoms. The van der Waals surface area contributed by atoms with Crippen LogP contribution in [0.25, 0.3) is 0 Å². The van der Waals surface area contributed by atoms with Crippen molar-refractivity contribution >= 4 is 23.3 Å². The van der Waals surface area contributed by atoms with Gasteiger partial charge >= 0.3 is 18.1 Å². The summed E-state index contributed by atoms with van der Waals surface area (Å²) in [6, 6.07) is 11.1. The average molecular weight is 674 g/mol. The SMILES string of the molecule is CC(C)(C)OC(=O)CCOCCOCCOCCOCCOCCOCCOC(=O)c1ccccc1Nc1cccc(C(F)(F)F)c1. The molecule has 0 atom stereocenters. The zero-order valence-electron chi connectivity index (χ0n) is 27.2.